The third-order valence-corrected chi connectivity index (χ3v) is 6.07. The number of hydrogen-bond acceptors (Lipinski definition) is 7. The van der Waals surface area contributed by atoms with Crippen molar-refractivity contribution in [3.8, 4) is 0 Å². The minimum absolute atomic E-state index is 0.117. The molecule has 12 nitrogen and oxygen atoms in total. The van der Waals surface area contributed by atoms with Gasteiger partial charge in [0.25, 0.3) is 0 Å². The predicted molar refractivity (Wildman–Crippen MR) is 136 cm³/mol. The molecule has 0 aliphatic heterocycles. The Balaban J connectivity index is 1.67. The standard InChI is InChI=1S/C23H25Cl2N7O5/c1-32(2)23(37)12-3-6-15(28-19(33)21(35)30-17-7-4-13(24)10-26-17)16(9-12)29-20(34)22(36)31-18-8-5-14(25)11-27-18/h4-5,7-8,10-12,15-16H,3,6,9H2,1-2H3,(H,28,33)(H,29,34)(H,26,30,35)(H,27,31,36)/t12-,15-,16+/m0/s1. The summed E-state index contributed by atoms with van der Waals surface area (Å²) >= 11 is 11.5. The predicted octanol–water partition coefficient (Wildman–Crippen LogP) is 1.22. The van der Waals surface area contributed by atoms with Gasteiger partial charge in [0.05, 0.1) is 16.1 Å². The molecule has 3 rings (SSSR count). The average Bonchev–Trinajstić information content (AvgIpc) is 2.87. The number of halogens is 2. The van der Waals surface area contributed by atoms with E-state index in [9.17, 15) is 24.0 Å². The number of nitrogens with zero attached hydrogens (tertiary/aromatic N) is 3. The molecule has 1 saturated carbocycles. The lowest BCUT2D eigenvalue weighted by Gasteiger charge is -2.36. The highest BCUT2D eigenvalue weighted by Crippen LogP contribution is 2.26. The Bertz CT molecular complexity index is 1180. The van der Waals surface area contributed by atoms with Gasteiger partial charge < -0.3 is 26.2 Å². The SMILES string of the molecule is CN(C)C(=O)[C@H]1CC[C@H](NC(=O)C(=O)Nc2ccc(Cl)cn2)[C@H](NC(=O)C(=O)Nc2ccc(Cl)cn2)C1. The monoisotopic (exact) mass is 549 g/mol. The number of carbonyl (C=O) groups is 5. The fourth-order valence-corrected chi connectivity index (χ4v) is 4.03. The Labute approximate surface area is 222 Å². The summed E-state index contributed by atoms with van der Waals surface area (Å²) in [5.74, 6) is -4.27. The molecule has 0 unspecified atom stereocenters. The van der Waals surface area contributed by atoms with E-state index in [0.29, 0.717) is 16.5 Å². The molecule has 5 amide bonds. The van der Waals surface area contributed by atoms with Crippen molar-refractivity contribution in [2.75, 3.05) is 24.7 Å². The Kier molecular flexibility index (Phi) is 9.36. The van der Waals surface area contributed by atoms with Crippen LogP contribution in [0.2, 0.25) is 10.0 Å². The van der Waals surface area contributed by atoms with Gasteiger partial charge in [-0.15, -0.1) is 0 Å². The van der Waals surface area contributed by atoms with Crippen molar-refractivity contribution in [2.45, 2.75) is 31.3 Å². The first-order valence-electron chi connectivity index (χ1n) is 11.2. The molecule has 0 bridgehead atoms. The highest BCUT2D eigenvalue weighted by atomic mass is 35.5. The molecule has 0 radical (unpaired) electrons. The lowest BCUT2D eigenvalue weighted by molar-refractivity contribution is -0.139. The van der Waals surface area contributed by atoms with Gasteiger partial charge in [0, 0.05) is 38.4 Å². The van der Waals surface area contributed by atoms with Crippen molar-refractivity contribution in [3.05, 3.63) is 46.7 Å². The fraction of sp³-hybridized carbons (Fsp3) is 0.348. The number of aromatic nitrogens is 2. The summed E-state index contributed by atoms with van der Waals surface area (Å²) in [7, 11) is 3.23. The van der Waals surface area contributed by atoms with Crippen molar-refractivity contribution in [1.82, 2.24) is 25.5 Å². The van der Waals surface area contributed by atoms with Crippen LogP contribution in [-0.2, 0) is 24.0 Å². The van der Waals surface area contributed by atoms with Crippen LogP contribution in [0.15, 0.2) is 36.7 Å². The van der Waals surface area contributed by atoms with Crippen LogP contribution in [-0.4, -0.2) is 70.6 Å². The van der Waals surface area contributed by atoms with Crippen molar-refractivity contribution in [1.29, 1.82) is 0 Å². The van der Waals surface area contributed by atoms with Crippen LogP contribution in [0.25, 0.3) is 0 Å². The van der Waals surface area contributed by atoms with Crippen molar-refractivity contribution in [2.24, 2.45) is 5.92 Å². The molecule has 196 valence electrons. The summed E-state index contributed by atoms with van der Waals surface area (Å²) in [6.45, 7) is 0. The van der Waals surface area contributed by atoms with E-state index in [-0.39, 0.29) is 30.4 Å². The molecule has 3 atom stereocenters. The second kappa shape index (κ2) is 12.5. The minimum Gasteiger partial charge on any atom is -0.349 e. The summed E-state index contributed by atoms with van der Waals surface area (Å²) in [6.07, 6.45) is 3.47. The zero-order valence-electron chi connectivity index (χ0n) is 20.0. The van der Waals surface area contributed by atoms with Gasteiger partial charge >= 0.3 is 23.6 Å². The van der Waals surface area contributed by atoms with Crippen molar-refractivity contribution >= 4 is 64.4 Å². The molecule has 2 aromatic heterocycles. The Morgan fingerprint density at radius 2 is 1.24 bits per heavy atom. The summed E-state index contributed by atoms with van der Waals surface area (Å²) in [5, 5.41) is 10.6. The Morgan fingerprint density at radius 1 is 0.757 bits per heavy atom. The quantitative estimate of drug-likeness (QED) is 0.407. The molecular formula is C23H25Cl2N7O5. The van der Waals surface area contributed by atoms with Gasteiger partial charge in [0.1, 0.15) is 11.6 Å². The molecule has 0 aromatic carbocycles. The van der Waals surface area contributed by atoms with E-state index in [1.165, 1.54) is 41.6 Å². The van der Waals surface area contributed by atoms with Gasteiger partial charge in [0.2, 0.25) is 5.91 Å². The Hall–Kier alpha value is -3.77. The zero-order chi connectivity index (χ0) is 27.1. The van der Waals surface area contributed by atoms with Crippen LogP contribution in [0, 0.1) is 5.92 Å². The highest BCUT2D eigenvalue weighted by molar-refractivity contribution is 6.40. The third kappa shape index (κ3) is 7.86. The Morgan fingerprint density at radius 3 is 1.68 bits per heavy atom. The average molecular weight is 550 g/mol. The van der Waals surface area contributed by atoms with E-state index in [1.807, 2.05) is 0 Å². The van der Waals surface area contributed by atoms with Gasteiger partial charge in [-0.1, -0.05) is 23.2 Å². The molecular weight excluding hydrogens is 525 g/mol. The van der Waals surface area contributed by atoms with E-state index in [2.05, 4.69) is 31.2 Å². The van der Waals surface area contributed by atoms with Gasteiger partial charge in [-0.05, 0) is 43.5 Å². The van der Waals surface area contributed by atoms with Crippen LogP contribution >= 0.6 is 23.2 Å². The van der Waals surface area contributed by atoms with E-state index >= 15 is 0 Å². The smallest absolute Gasteiger partial charge is 0.314 e. The summed E-state index contributed by atoms with van der Waals surface area (Å²) in [4.78, 5) is 71.8. The second-order valence-corrected chi connectivity index (χ2v) is 9.41. The lowest BCUT2D eigenvalue weighted by Crippen LogP contribution is -2.58. The topological polar surface area (TPSA) is 162 Å². The molecule has 1 fully saturated rings. The summed E-state index contributed by atoms with van der Waals surface area (Å²) < 4.78 is 0. The summed E-state index contributed by atoms with van der Waals surface area (Å²) in [6, 6.07) is 4.34. The molecule has 2 heterocycles. The molecule has 14 heteroatoms. The number of carbonyl (C=O) groups excluding carboxylic acids is 5. The largest absolute Gasteiger partial charge is 0.349 e. The first kappa shape index (κ1) is 27.8. The molecule has 1 aliphatic carbocycles. The summed E-state index contributed by atoms with van der Waals surface area (Å²) in [5.41, 5.74) is 0. The number of rotatable bonds is 5. The molecule has 0 spiro atoms. The maximum absolute atomic E-state index is 12.6. The van der Waals surface area contributed by atoms with Crippen LogP contribution < -0.4 is 21.3 Å². The van der Waals surface area contributed by atoms with E-state index < -0.39 is 41.6 Å². The minimum atomic E-state index is -0.993. The first-order chi connectivity index (χ1) is 17.5. The van der Waals surface area contributed by atoms with Crippen molar-refractivity contribution in [3.63, 3.8) is 0 Å². The van der Waals surface area contributed by atoms with Crippen LogP contribution in [0.4, 0.5) is 11.6 Å². The zero-order valence-corrected chi connectivity index (χ0v) is 21.5. The normalized spacial score (nSPS) is 18.8. The molecule has 4 N–H and O–H groups in total. The number of hydrogen-bond donors (Lipinski definition) is 4. The fourth-order valence-electron chi connectivity index (χ4n) is 3.81. The van der Waals surface area contributed by atoms with Crippen LogP contribution in [0.5, 0.6) is 0 Å². The third-order valence-electron chi connectivity index (χ3n) is 5.62. The lowest BCUT2D eigenvalue weighted by atomic mass is 9.81. The molecule has 0 saturated heterocycles. The second-order valence-electron chi connectivity index (χ2n) is 8.53. The molecule has 1 aliphatic rings. The number of nitrogens with one attached hydrogen (secondary N) is 4. The van der Waals surface area contributed by atoms with Crippen LogP contribution in [0.1, 0.15) is 19.3 Å². The van der Waals surface area contributed by atoms with Gasteiger partial charge in [-0.3, -0.25) is 24.0 Å². The number of amides is 5. The van der Waals surface area contributed by atoms with E-state index in [4.69, 9.17) is 23.2 Å². The van der Waals surface area contributed by atoms with Gasteiger partial charge in [0.15, 0.2) is 0 Å². The molecule has 37 heavy (non-hydrogen) atoms. The maximum atomic E-state index is 12.6. The van der Waals surface area contributed by atoms with Gasteiger partial charge in [-0.2, -0.15) is 0 Å². The first-order valence-corrected chi connectivity index (χ1v) is 12.0. The molecule has 2 aromatic rings. The van der Waals surface area contributed by atoms with Gasteiger partial charge in [-0.25, -0.2) is 9.97 Å². The van der Waals surface area contributed by atoms with Crippen molar-refractivity contribution < 1.29 is 24.0 Å². The highest BCUT2D eigenvalue weighted by Gasteiger charge is 2.37. The van der Waals surface area contributed by atoms with E-state index in [0.717, 1.165) is 0 Å². The van der Waals surface area contributed by atoms with E-state index in [1.54, 1.807) is 14.1 Å². The maximum Gasteiger partial charge on any atom is 0.314 e. The number of pyridine rings is 2. The number of anilines is 2. The van der Waals surface area contributed by atoms with Crippen LogP contribution in [0.3, 0.4) is 0 Å².